The number of thiazole rings is 1. The van der Waals surface area contributed by atoms with Crippen LogP contribution in [0.5, 0.6) is 0 Å². The van der Waals surface area contributed by atoms with E-state index < -0.39 is 0 Å². The Bertz CT molecular complexity index is 480. The zero-order valence-electron chi connectivity index (χ0n) is 12.9. The molecule has 0 radical (unpaired) electrons. The molecule has 2 rings (SSSR count). The lowest BCUT2D eigenvalue weighted by Crippen LogP contribution is -2.46. The third kappa shape index (κ3) is 3.12. The monoisotopic (exact) mass is 295 g/mol. The number of hydrogen-bond acceptors (Lipinski definition) is 5. The fourth-order valence-electron chi connectivity index (χ4n) is 2.39. The third-order valence-corrected chi connectivity index (χ3v) is 4.81. The van der Waals surface area contributed by atoms with Gasteiger partial charge in [0, 0.05) is 31.6 Å². The van der Waals surface area contributed by atoms with Crippen LogP contribution in [0.15, 0.2) is 0 Å². The Labute approximate surface area is 125 Å². The number of amidine groups is 1. The highest BCUT2D eigenvalue weighted by molar-refractivity contribution is 7.17. The lowest BCUT2D eigenvalue weighted by molar-refractivity contribution is 0.271. The number of likely N-dealkylation sites (N-methyl/N-ethyl adjacent to an activating group) is 1. The van der Waals surface area contributed by atoms with Crippen LogP contribution in [0.3, 0.4) is 0 Å². The molecule has 3 N–H and O–H groups in total. The number of rotatable bonds is 3. The zero-order valence-corrected chi connectivity index (χ0v) is 13.7. The fraction of sp³-hybridized carbons (Fsp3) is 0.714. The Morgan fingerprint density at radius 3 is 2.30 bits per heavy atom. The van der Waals surface area contributed by atoms with Gasteiger partial charge in [-0.05, 0) is 6.54 Å². The lowest BCUT2D eigenvalue weighted by atomic mass is 9.91. The molecular formula is C14H25N5S. The smallest absolute Gasteiger partial charge is 0.186 e. The predicted molar refractivity (Wildman–Crippen MR) is 86.2 cm³/mol. The van der Waals surface area contributed by atoms with E-state index in [1.54, 1.807) is 11.3 Å². The van der Waals surface area contributed by atoms with E-state index in [2.05, 4.69) is 37.5 Å². The van der Waals surface area contributed by atoms with Crippen molar-refractivity contribution in [3.8, 4) is 0 Å². The van der Waals surface area contributed by atoms with Gasteiger partial charge in [0.1, 0.15) is 5.84 Å². The van der Waals surface area contributed by atoms with Gasteiger partial charge in [0.25, 0.3) is 0 Å². The average Bonchev–Trinajstić information content (AvgIpc) is 2.84. The molecule has 1 aromatic heterocycles. The van der Waals surface area contributed by atoms with Crippen molar-refractivity contribution in [3.63, 3.8) is 0 Å². The van der Waals surface area contributed by atoms with Gasteiger partial charge in [-0.1, -0.05) is 39.0 Å². The van der Waals surface area contributed by atoms with Crippen molar-refractivity contribution in [2.45, 2.75) is 33.1 Å². The van der Waals surface area contributed by atoms with Crippen LogP contribution in [-0.4, -0.2) is 48.4 Å². The Kier molecular flexibility index (Phi) is 4.34. The van der Waals surface area contributed by atoms with Crippen LogP contribution in [-0.2, 0) is 5.41 Å². The van der Waals surface area contributed by atoms with E-state index in [9.17, 15) is 0 Å². The van der Waals surface area contributed by atoms with Gasteiger partial charge < -0.3 is 15.5 Å². The van der Waals surface area contributed by atoms with Gasteiger partial charge in [0.15, 0.2) is 5.13 Å². The van der Waals surface area contributed by atoms with Gasteiger partial charge in [-0.2, -0.15) is 0 Å². The van der Waals surface area contributed by atoms with Crippen molar-refractivity contribution >= 4 is 22.3 Å². The SMILES string of the molecule is CCN1CCN(c2nc(C(C)(C)C)c(C(=N)N)s2)CC1. The molecule has 0 bridgehead atoms. The molecule has 112 valence electrons. The molecule has 1 aliphatic rings. The normalized spacial score (nSPS) is 17.5. The molecule has 0 amide bonds. The maximum Gasteiger partial charge on any atom is 0.186 e. The number of anilines is 1. The molecule has 0 unspecified atom stereocenters. The van der Waals surface area contributed by atoms with Crippen molar-refractivity contribution in [3.05, 3.63) is 10.6 Å². The molecule has 0 aromatic carbocycles. The first-order valence-electron chi connectivity index (χ1n) is 7.16. The Morgan fingerprint density at radius 1 is 1.30 bits per heavy atom. The van der Waals surface area contributed by atoms with Crippen LogP contribution in [0.1, 0.15) is 38.3 Å². The van der Waals surface area contributed by atoms with E-state index in [0.717, 1.165) is 48.4 Å². The molecular weight excluding hydrogens is 270 g/mol. The molecule has 2 heterocycles. The van der Waals surface area contributed by atoms with E-state index >= 15 is 0 Å². The molecule has 1 aliphatic heterocycles. The maximum atomic E-state index is 7.77. The summed E-state index contributed by atoms with van der Waals surface area (Å²) in [6.45, 7) is 13.8. The number of nitrogens with two attached hydrogens (primary N) is 1. The largest absolute Gasteiger partial charge is 0.383 e. The lowest BCUT2D eigenvalue weighted by Gasteiger charge is -2.33. The highest BCUT2D eigenvalue weighted by atomic mass is 32.1. The van der Waals surface area contributed by atoms with Crippen LogP contribution in [0.25, 0.3) is 0 Å². The first kappa shape index (κ1) is 15.3. The summed E-state index contributed by atoms with van der Waals surface area (Å²) in [7, 11) is 0. The predicted octanol–water partition coefficient (Wildman–Crippen LogP) is 1.87. The van der Waals surface area contributed by atoms with E-state index in [-0.39, 0.29) is 11.3 Å². The molecule has 0 atom stereocenters. The molecule has 0 aliphatic carbocycles. The van der Waals surface area contributed by atoms with Gasteiger partial charge in [-0.25, -0.2) is 4.98 Å². The molecule has 20 heavy (non-hydrogen) atoms. The van der Waals surface area contributed by atoms with E-state index in [0.29, 0.717) is 0 Å². The third-order valence-electron chi connectivity index (χ3n) is 3.66. The van der Waals surface area contributed by atoms with Gasteiger partial charge in [-0.3, -0.25) is 5.41 Å². The van der Waals surface area contributed by atoms with Crippen molar-refractivity contribution in [1.29, 1.82) is 5.41 Å². The summed E-state index contributed by atoms with van der Waals surface area (Å²) >= 11 is 1.56. The topological polar surface area (TPSA) is 69.2 Å². The number of nitrogens with zero attached hydrogens (tertiary/aromatic N) is 3. The highest BCUT2D eigenvalue weighted by Gasteiger charge is 2.27. The second kappa shape index (κ2) is 5.69. The summed E-state index contributed by atoms with van der Waals surface area (Å²) in [6.07, 6.45) is 0. The summed E-state index contributed by atoms with van der Waals surface area (Å²) in [6, 6.07) is 0. The minimum atomic E-state index is -0.0823. The number of nitrogen functional groups attached to an aromatic ring is 1. The van der Waals surface area contributed by atoms with Crippen LogP contribution >= 0.6 is 11.3 Å². The fourth-order valence-corrected chi connectivity index (χ4v) is 3.58. The molecule has 0 spiro atoms. The minimum Gasteiger partial charge on any atom is -0.383 e. The minimum absolute atomic E-state index is 0.0823. The zero-order chi connectivity index (χ0) is 14.9. The summed E-state index contributed by atoms with van der Waals surface area (Å²) in [5, 5.41) is 8.78. The quantitative estimate of drug-likeness (QED) is 0.660. The number of nitrogens with one attached hydrogen (secondary N) is 1. The summed E-state index contributed by atoms with van der Waals surface area (Å²) in [4.78, 5) is 10.4. The Balaban J connectivity index is 2.24. The highest BCUT2D eigenvalue weighted by Crippen LogP contribution is 2.33. The number of piperazine rings is 1. The van der Waals surface area contributed by atoms with Crippen LogP contribution in [0, 0.1) is 5.41 Å². The molecule has 0 saturated carbocycles. The average molecular weight is 295 g/mol. The molecule has 1 fully saturated rings. The van der Waals surface area contributed by atoms with Crippen molar-refractivity contribution in [2.24, 2.45) is 5.73 Å². The van der Waals surface area contributed by atoms with Gasteiger partial charge in [0.05, 0.1) is 10.6 Å². The summed E-state index contributed by atoms with van der Waals surface area (Å²) in [5.74, 6) is 0.130. The molecule has 5 nitrogen and oxygen atoms in total. The van der Waals surface area contributed by atoms with Gasteiger partial charge in [0.2, 0.25) is 0 Å². The molecule has 1 saturated heterocycles. The van der Waals surface area contributed by atoms with Crippen LogP contribution < -0.4 is 10.6 Å². The Morgan fingerprint density at radius 2 is 1.90 bits per heavy atom. The van der Waals surface area contributed by atoms with Gasteiger partial charge >= 0.3 is 0 Å². The second-order valence-electron chi connectivity index (χ2n) is 6.26. The van der Waals surface area contributed by atoms with E-state index in [1.165, 1.54) is 0 Å². The van der Waals surface area contributed by atoms with Gasteiger partial charge in [-0.15, -0.1) is 0 Å². The van der Waals surface area contributed by atoms with E-state index in [1.807, 2.05) is 0 Å². The summed E-state index contributed by atoms with van der Waals surface area (Å²) < 4.78 is 0. The van der Waals surface area contributed by atoms with Crippen molar-refractivity contribution < 1.29 is 0 Å². The standard InChI is InChI=1S/C14H25N5S/c1-5-18-6-8-19(9-7-18)13-17-11(14(2,3)4)10(20-13)12(15)16/h5-9H2,1-4H3,(H3,15,16). The first-order valence-corrected chi connectivity index (χ1v) is 7.97. The maximum absolute atomic E-state index is 7.77. The number of aromatic nitrogens is 1. The molecule has 1 aromatic rings. The van der Waals surface area contributed by atoms with E-state index in [4.69, 9.17) is 16.1 Å². The van der Waals surface area contributed by atoms with Crippen molar-refractivity contribution in [2.75, 3.05) is 37.6 Å². The number of hydrogen-bond donors (Lipinski definition) is 2. The Hall–Kier alpha value is -1.14. The van der Waals surface area contributed by atoms with Crippen LogP contribution in [0.4, 0.5) is 5.13 Å². The van der Waals surface area contributed by atoms with Crippen molar-refractivity contribution in [1.82, 2.24) is 9.88 Å². The molecule has 6 heteroatoms. The second-order valence-corrected chi connectivity index (χ2v) is 7.24. The van der Waals surface area contributed by atoms with Crippen LogP contribution in [0.2, 0.25) is 0 Å². The first-order chi connectivity index (χ1) is 9.32. The summed E-state index contributed by atoms with van der Waals surface area (Å²) in [5.41, 5.74) is 6.59.